The largest absolute Gasteiger partial charge is 0.462 e. The summed E-state index contributed by atoms with van der Waals surface area (Å²) in [7, 11) is 0. The highest BCUT2D eigenvalue weighted by Gasteiger charge is 2.28. The summed E-state index contributed by atoms with van der Waals surface area (Å²) in [6.07, 6.45) is 1.06. The van der Waals surface area contributed by atoms with Crippen LogP contribution in [0, 0.1) is 18.3 Å². The number of rotatable bonds is 3. The fourth-order valence-corrected chi connectivity index (χ4v) is 2.52. The van der Waals surface area contributed by atoms with E-state index in [1.165, 1.54) is 0 Å². The number of aryl methyl sites for hydroxylation is 1. The van der Waals surface area contributed by atoms with E-state index >= 15 is 0 Å². The number of nitriles is 1. The molecule has 6 heteroatoms. The zero-order valence-corrected chi connectivity index (χ0v) is 12.6. The van der Waals surface area contributed by atoms with Gasteiger partial charge in [0, 0.05) is 6.42 Å². The number of pyridine rings is 1. The molecular formula is C15H22N4O2+2. The second-order valence-electron chi connectivity index (χ2n) is 5.11. The minimum Gasteiger partial charge on any atom is -0.462 e. The number of nitrogens with one attached hydrogen (secondary N) is 1. The van der Waals surface area contributed by atoms with Crippen LogP contribution in [0.4, 0.5) is 5.82 Å². The SMILES string of the molecule is CCOC(=O)c1cc(C#N)c(C)[nH+]c1N1CCC[NH2+]CC1. The number of carbonyl (C=O) groups is 1. The molecule has 0 bridgehead atoms. The lowest BCUT2D eigenvalue weighted by atomic mass is 10.1. The van der Waals surface area contributed by atoms with Gasteiger partial charge in [-0.15, -0.1) is 0 Å². The average Bonchev–Trinajstić information content (AvgIpc) is 2.76. The molecule has 1 aromatic heterocycles. The number of esters is 1. The smallest absolute Gasteiger partial charge is 0.346 e. The van der Waals surface area contributed by atoms with Crippen molar-refractivity contribution in [3.8, 4) is 6.07 Å². The number of carbonyl (C=O) groups excluding carboxylic acids is 1. The van der Waals surface area contributed by atoms with Gasteiger partial charge in [-0.2, -0.15) is 5.26 Å². The van der Waals surface area contributed by atoms with E-state index < -0.39 is 0 Å². The molecule has 1 aliphatic rings. The number of hydrogen-bond donors (Lipinski definition) is 1. The van der Waals surface area contributed by atoms with E-state index in [1.54, 1.807) is 13.0 Å². The molecule has 1 saturated heterocycles. The lowest BCUT2D eigenvalue weighted by Crippen LogP contribution is -2.84. The molecule has 21 heavy (non-hydrogen) atoms. The molecule has 2 heterocycles. The van der Waals surface area contributed by atoms with Gasteiger partial charge in [-0.05, 0) is 19.9 Å². The lowest BCUT2D eigenvalue weighted by molar-refractivity contribution is -0.650. The summed E-state index contributed by atoms with van der Waals surface area (Å²) in [5.41, 5.74) is 1.69. The number of hydrogen-bond acceptors (Lipinski definition) is 4. The van der Waals surface area contributed by atoms with Crippen molar-refractivity contribution in [2.45, 2.75) is 20.3 Å². The van der Waals surface area contributed by atoms with Crippen LogP contribution in [0.25, 0.3) is 0 Å². The third-order valence-corrected chi connectivity index (χ3v) is 3.63. The average molecular weight is 290 g/mol. The van der Waals surface area contributed by atoms with Crippen LogP contribution < -0.4 is 15.2 Å². The predicted octanol–water partition coefficient (Wildman–Crippen LogP) is -0.369. The normalized spacial score (nSPS) is 15.2. The van der Waals surface area contributed by atoms with Crippen LogP contribution in [-0.4, -0.2) is 38.8 Å². The Morgan fingerprint density at radius 2 is 2.33 bits per heavy atom. The van der Waals surface area contributed by atoms with Crippen molar-refractivity contribution in [1.82, 2.24) is 0 Å². The molecule has 0 amide bonds. The molecular weight excluding hydrogens is 268 g/mol. The molecule has 0 spiro atoms. The molecule has 1 fully saturated rings. The van der Waals surface area contributed by atoms with Gasteiger partial charge in [0.15, 0.2) is 0 Å². The Morgan fingerprint density at radius 3 is 3.05 bits per heavy atom. The lowest BCUT2D eigenvalue weighted by Gasteiger charge is -2.16. The molecule has 112 valence electrons. The summed E-state index contributed by atoms with van der Waals surface area (Å²) in [6.45, 7) is 7.80. The van der Waals surface area contributed by atoms with Gasteiger partial charge < -0.3 is 10.1 Å². The van der Waals surface area contributed by atoms with E-state index in [2.05, 4.69) is 21.3 Å². The molecule has 1 aliphatic heterocycles. The van der Waals surface area contributed by atoms with E-state index in [0.717, 1.165) is 44.1 Å². The van der Waals surface area contributed by atoms with Crippen LogP contribution in [0.5, 0.6) is 0 Å². The standard InChI is InChI=1S/C15H20N4O2/c1-3-21-15(20)13-9-12(10-16)11(2)18-14(13)19-7-4-5-17-6-8-19/h9,17H,3-8H2,1-2H3/p+2. The van der Waals surface area contributed by atoms with Crippen molar-refractivity contribution < 1.29 is 19.8 Å². The number of aromatic nitrogens is 1. The molecule has 3 N–H and O–H groups in total. The number of nitrogens with two attached hydrogens (primary N) is 1. The van der Waals surface area contributed by atoms with Crippen molar-refractivity contribution in [3.05, 3.63) is 22.9 Å². The predicted molar refractivity (Wildman–Crippen MR) is 76.9 cm³/mol. The van der Waals surface area contributed by atoms with Crippen molar-refractivity contribution in [1.29, 1.82) is 5.26 Å². The Labute approximate surface area is 124 Å². The molecule has 0 radical (unpaired) electrons. The Hall–Kier alpha value is -2.13. The molecule has 2 rings (SSSR count). The van der Waals surface area contributed by atoms with Crippen LogP contribution in [0.2, 0.25) is 0 Å². The summed E-state index contributed by atoms with van der Waals surface area (Å²) in [5.74, 6) is 0.383. The van der Waals surface area contributed by atoms with Crippen LogP contribution in [-0.2, 0) is 4.74 Å². The van der Waals surface area contributed by atoms with Gasteiger partial charge in [0.1, 0.15) is 30.4 Å². The fraction of sp³-hybridized carbons (Fsp3) is 0.533. The van der Waals surface area contributed by atoms with Crippen molar-refractivity contribution >= 4 is 11.8 Å². The van der Waals surface area contributed by atoms with Gasteiger partial charge in [0.05, 0.1) is 25.3 Å². The Bertz CT molecular complexity index is 558. The Morgan fingerprint density at radius 1 is 1.52 bits per heavy atom. The Kier molecular flexibility index (Phi) is 5.12. The summed E-state index contributed by atoms with van der Waals surface area (Å²) in [4.78, 5) is 17.6. The number of nitrogens with zero attached hydrogens (tertiary/aromatic N) is 2. The van der Waals surface area contributed by atoms with Crippen molar-refractivity contribution in [2.75, 3.05) is 37.7 Å². The van der Waals surface area contributed by atoms with E-state index in [-0.39, 0.29) is 5.97 Å². The highest BCUT2D eigenvalue weighted by molar-refractivity contribution is 5.94. The number of ether oxygens (including phenoxy) is 1. The first-order valence-electron chi connectivity index (χ1n) is 7.38. The van der Waals surface area contributed by atoms with E-state index in [1.807, 2.05) is 6.92 Å². The van der Waals surface area contributed by atoms with Gasteiger partial charge in [-0.1, -0.05) is 0 Å². The first-order chi connectivity index (χ1) is 10.2. The summed E-state index contributed by atoms with van der Waals surface area (Å²) < 4.78 is 5.13. The van der Waals surface area contributed by atoms with Crippen molar-refractivity contribution in [3.63, 3.8) is 0 Å². The zero-order chi connectivity index (χ0) is 15.2. The van der Waals surface area contributed by atoms with E-state index in [0.29, 0.717) is 17.7 Å². The van der Waals surface area contributed by atoms with Crippen LogP contribution in [0.3, 0.4) is 0 Å². The highest BCUT2D eigenvalue weighted by Crippen LogP contribution is 2.19. The zero-order valence-electron chi connectivity index (χ0n) is 12.6. The number of anilines is 1. The fourth-order valence-electron chi connectivity index (χ4n) is 2.52. The second kappa shape index (κ2) is 7.04. The van der Waals surface area contributed by atoms with Gasteiger partial charge in [-0.25, -0.2) is 9.78 Å². The Balaban J connectivity index is 2.44. The van der Waals surface area contributed by atoms with Crippen LogP contribution >= 0.6 is 0 Å². The van der Waals surface area contributed by atoms with E-state index in [4.69, 9.17) is 10.00 Å². The first-order valence-corrected chi connectivity index (χ1v) is 7.38. The molecule has 0 aliphatic carbocycles. The number of quaternary nitrogens is 1. The molecule has 6 nitrogen and oxygen atoms in total. The topological polar surface area (TPSA) is 84.1 Å². The van der Waals surface area contributed by atoms with Crippen molar-refractivity contribution in [2.24, 2.45) is 0 Å². The quantitative estimate of drug-likeness (QED) is 0.770. The molecule has 0 unspecified atom stereocenters. The van der Waals surface area contributed by atoms with Gasteiger partial charge >= 0.3 is 5.97 Å². The third-order valence-electron chi connectivity index (χ3n) is 3.63. The summed E-state index contributed by atoms with van der Waals surface area (Å²) >= 11 is 0. The number of aromatic amines is 1. The molecule has 0 atom stereocenters. The first kappa shape index (κ1) is 15.3. The van der Waals surface area contributed by atoms with E-state index in [9.17, 15) is 4.79 Å². The minimum atomic E-state index is -0.381. The van der Waals surface area contributed by atoms with Gasteiger partial charge in [-0.3, -0.25) is 4.90 Å². The van der Waals surface area contributed by atoms with Gasteiger partial charge in [0.2, 0.25) is 0 Å². The molecule has 1 aromatic rings. The highest BCUT2D eigenvalue weighted by atomic mass is 16.5. The maximum Gasteiger partial charge on any atom is 0.346 e. The maximum atomic E-state index is 12.2. The van der Waals surface area contributed by atoms with Crippen LogP contribution in [0.1, 0.15) is 35.0 Å². The summed E-state index contributed by atoms with van der Waals surface area (Å²) in [5, 5.41) is 11.4. The second-order valence-corrected chi connectivity index (χ2v) is 5.11. The third kappa shape index (κ3) is 3.50. The van der Waals surface area contributed by atoms with Gasteiger partial charge in [0.25, 0.3) is 5.82 Å². The van der Waals surface area contributed by atoms with Crippen LogP contribution in [0.15, 0.2) is 6.07 Å². The molecule has 0 saturated carbocycles. The number of H-pyrrole nitrogens is 1. The summed E-state index contributed by atoms with van der Waals surface area (Å²) in [6, 6.07) is 3.74. The monoisotopic (exact) mass is 290 g/mol. The maximum absolute atomic E-state index is 12.2. The minimum absolute atomic E-state index is 0.321. The molecule has 0 aromatic carbocycles.